The molecule has 0 aliphatic carbocycles. The van der Waals surface area contributed by atoms with Crippen molar-refractivity contribution in [3.8, 4) is 0 Å². The van der Waals surface area contributed by atoms with E-state index in [1.54, 1.807) is 6.08 Å². The van der Waals surface area contributed by atoms with Gasteiger partial charge in [-0.2, -0.15) is 0 Å². The van der Waals surface area contributed by atoms with Crippen molar-refractivity contribution in [3.05, 3.63) is 48.6 Å². The normalized spacial score (nSPS) is 15.2. The number of benzene rings is 1. The first-order valence-corrected chi connectivity index (χ1v) is 4.11. The summed E-state index contributed by atoms with van der Waals surface area (Å²) in [6.45, 7) is 5.60. The van der Waals surface area contributed by atoms with E-state index in [0.717, 1.165) is 5.56 Å². The molecule has 0 heterocycles. The van der Waals surface area contributed by atoms with E-state index in [2.05, 4.69) is 6.58 Å². The summed E-state index contributed by atoms with van der Waals surface area (Å²) in [6, 6.07) is 9.63. The molecule has 0 aliphatic heterocycles. The average Bonchev–Trinajstić information content (AvgIpc) is 2.17. The van der Waals surface area contributed by atoms with Gasteiger partial charge in [0.1, 0.15) is 0 Å². The Hall–Kier alpha value is -1.08. The fraction of sp³-hybridized carbons (Fsp3) is 0.273. The lowest BCUT2D eigenvalue weighted by atomic mass is 9.98. The third-order valence-corrected chi connectivity index (χ3v) is 2.01. The predicted octanol–water partition coefficient (Wildman–Crippen LogP) is 2.54. The van der Waals surface area contributed by atoms with Crippen LogP contribution in [0.15, 0.2) is 43.0 Å². The van der Waals surface area contributed by atoms with Crippen LogP contribution in [0.1, 0.15) is 18.6 Å². The summed E-state index contributed by atoms with van der Waals surface area (Å²) in [7, 11) is 0. The summed E-state index contributed by atoms with van der Waals surface area (Å²) in [4.78, 5) is 0. The third-order valence-electron chi connectivity index (χ3n) is 2.01. The van der Waals surface area contributed by atoms with Crippen molar-refractivity contribution in [1.82, 2.24) is 0 Å². The Labute approximate surface area is 73.4 Å². The molecule has 0 aliphatic rings. The monoisotopic (exact) mass is 162 g/mol. The molecule has 1 N–H and O–H groups in total. The maximum atomic E-state index is 9.72. The molecule has 1 heteroatoms. The highest BCUT2D eigenvalue weighted by Crippen LogP contribution is 2.21. The fourth-order valence-corrected chi connectivity index (χ4v) is 1.08. The van der Waals surface area contributed by atoms with Crippen molar-refractivity contribution < 1.29 is 5.11 Å². The SMILES string of the molecule is C=CC(C)[C@@H](O)c1ccccc1. The smallest absolute Gasteiger partial charge is 0.0849 e. The van der Waals surface area contributed by atoms with E-state index < -0.39 is 6.10 Å². The molecular formula is C11H14O. The number of rotatable bonds is 3. The van der Waals surface area contributed by atoms with E-state index in [0.29, 0.717) is 0 Å². The second-order valence-electron chi connectivity index (χ2n) is 2.95. The maximum absolute atomic E-state index is 9.72. The van der Waals surface area contributed by atoms with Gasteiger partial charge in [-0.1, -0.05) is 43.3 Å². The first kappa shape index (κ1) is 9.01. The predicted molar refractivity (Wildman–Crippen MR) is 50.8 cm³/mol. The third kappa shape index (κ3) is 1.95. The Balaban J connectivity index is 2.78. The summed E-state index contributed by atoms with van der Waals surface area (Å²) in [5.74, 6) is 0.104. The van der Waals surface area contributed by atoms with Gasteiger partial charge in [-0.15, -0.1) is 6.58 Å². The quantitative estimate of drug-likeness (QED) is 0.677. The van der Waals surface area contributed by atoms with Gasteiger partial charge in [0.25, 0.3) is 0 Å². The Kier molecular flexibility index (Phi) is 3.06. The van der Waals surface area contributed by atoms with Crippen molar-refractivity contribution in [2.45, 2.75) is 13.0 Å². The molecule has 0 saturated heterocycles. The van der Waals surface area contributed by atoms with E-state index in [4.69, 9.17) is 0 Å². The van der Waals surface area contributed by atoms with Gasteiger partial charge in [0.05, 0.1) is 6.10 Å². The molecule has 2 atom stereocenters. The lowest BCUT2D eigenvalue weighted by molar-refractivity contribution is 0.140. The molecule has 0 spiro atoms. The maximum Gasteiger partial charge on any atom is 0.0849 e. The average molecular weight is 162 g/mol. The molecule has 1 rings (SSSR count). The Morgan fingerprint density at radius 1 is 1.33 bits per heavy atom. The second kappa shape index (κ2) is 4.07. The van der Waals surface area contributed by atoms with Crippen LogP contribution in [0.25, 0.3) is 0 Å². The van der Waals surface area contributed by atoms with Crippen molar-refractivity contribution in [2.75, 3.05) is 0 Å². The largest absolute Gasteiger partial charge is 0.388 e. The molecule has 1 nitrogen and oxygen atoms in total. The van der Waals surface area contributed by atoms with Crippen molar-refractivity contribution in [2.24, 2.45) is 5.92 Å². The van der Waals surface area contributed by atoms with Gasteiger partial charge < -0.3 is 5.11 Å². The van der Waals surface area contributed by atoms with Gasteiger partial charge in [-0.05, 0) is 5.56 Å². The highest BCUT2D eigenvalue weighted by Gasteiger charge is 2.11. The van der Waals surface area contributed by atoms with Crippen LogP contribution in [-0.4, -0.2) is 5.11 Å². The van der Waals surface area contributed by atoms with Crippen LogP contribution in [0.4, 0.5) is 0 Å². The molecular weight excluding hydrogens is 148 g/mol. The molecule has 1 aromatic rings. The zero-order chi connectivity index (χ0) is 8.97. The molecule has 1 aromatic carbocycles. The van der Waals surface area contributed by atoms with Gasteiger partial charge in [0, 0.05) is 5.92 Å². The first-order valence-electron chi connectivity index (χ1n) is 4.11. The molecule has 1 unspecified atom stereocenters. The van der Waals surface area contributed by atoms with Crippen molar-refractivity contribution in [3.63, 3.8) is 0 Å². The lowest BCUT2D eigenvalue weighted by Gasteiger charge is -2.14. The molecule has 0 saturated carbocycles. The minimum Gasteiger partial charge on any atom is -0.388 e. The number of hydrogen-bond acceptors (Lipinski definition) is 1. The van der Waals surface area contributed by atoms with E-state index in [1.165, 1.54) is 0 Å². The standard InChI is InChI=1S/C11H14O/c1-3-9(2)11(12)10-7-5-4-6-8-10/h3-9,11-12H,1H2,2H3/t9?,11-/m1/s1. The Bertz CT molecular complexity index is 240. The molecule has 12 heavy (non-hydrogen) atoms. The Morgan fingerprint density at radius 3 is 2.42 bits per heavy atom. The topological polar surface area (TPSA) is 20.2 Å². The summed E-state index contributed by atoms with van der Waals surface area (Å²) < 4.78 is 0. The van der Waals surface area contributed by atoms with Crippen LogP contribution in [0.2, 0.25) is 0 Å². The highest BCUT2D eigenvalue weighted by molar-refractivity contribution is 5.18. The van der Waals surface area contributed by atoms with Gasteiger partial charge in [0.15, 0.2) is 0 Å². The van der Waals surface area contributed by atoms with Crippen molar-refractivity contribution in [1.29, 1.82) is 0 Å². The van der Waals surface area contributed by atoms with Crippen LogP contribution in [0.3, 0.4) is 0 Å². The number of aliphatic hydroxyl groups is 1. The van der Waals surface area contributed by atoms with Gasteiger partial charge in [0.2, 0.25) is 0 Å². The zero-order valence-corrected chi connectivity index (χ0v) is 7.27. The molecule has 0 aromatic heterocycles. The molecule has 0 fully saturated rings. The number of hydrogen-bond donors (Lipinski definition) is 1. The molecule has 0 amide bonds. The van der Waals surface area contributed by atoms with Crippen LogP contribution in [0, 0.1) is 5.92 Å². The van der Waals surface area contributed by atoms with E-state index in [-0.39, 0.29) is 5.92 Å². The molecule has 0 radical (unpaired) electrons. The Morgan fingerprint density at radius 2 is 1.92 bits per heavy atom. The second-order valence-corrected chi connectivity index (χ2v) is 2.95. The van der Waals surface area contributed by atoms with Gasteiger partial charge in [-0.25, -0.2) is 0 Å². The highest BCUT2D eigenvalue weighted by atomic mass is 16.3. The summed E-state index contributed by atoms with van der Waals surface area (Å²) in [5, 5.41) is 9.72. The summed E-state index contributed by atoms with van der Waals surface area (Å²) in [6.07, 6.45) is 1.33. The van der Waals surface area contributed by atoms with Crippen LogP contribution in [-0.2, 0) is 0 Å². The minimum atomic E-state index is -0.427. The van der Waals surface area contributed by atoms with E-state index in [9.17, 15) is 5.11 Å². The van der Waals surface area contributed by atoms with Crippen LogP contribution >= 0.6 is 0 Å². The van der Waals surface area contributed by atoms with E-state index >= 15 is 0 Å². The minimum absolute atomic E-state index is 0.104. The molecule has 0 bridgehead atoms. The van der Waals surface area contributed by atoms with Crippen molar-refractivity contribution >= 4 is 0 Å². The molecule has 64 valence electrons. The summed E-state index contributed by atoms with van der Waals surface area (Å²) in [5.41, 5.74) is 0.949. The van der Waals surface area contributed by atoms with E-state index in [1.807, 2.05) is 37.3 Å². The fourth-order valence-electron chi connectivity index (χ4n) is 1.08. The van der Waals surface area contributed by atoms with Gasteiger partial charge >= 0.3 is 0 Å². The number of aliphatic hydroxyl groups excluding tert-OH is 1. The zero-order valence-electron chi connectivity index (χ0n) is 7.27. The van der Waals surface area contributed by atoms with Crippen LogP contribution in [0.5, 0.6) is 0 Å². The lowest BCUT2D eigenvalue weighted by Crippen LogP contribution is -2.05. The van der Waals surface area contributed by atoms with Gasteiger partial charge in [-0.3, -0.25) is 0 Å². The van der Waals surface area contributed by atoms with Crippen LogP contribution < -0.4 is 0 Å². The summed E-state index contributed by atoms with van der Waals surface area (Å²) >= 11 is 0. The first-order chi connectivity index (χ1) is 5.75.